The van der Waals surface area contributed by atoms with Gasteiger partial charge in [-0.05, 0) is 40.5 Å². The third kappa shape index (κ3) is 2.05. The molecule has 0 unspecified atom stereocenters. The molecule has 4 nitrogen and oxygen atoms in total. The van der Waals surface area contributed by atoms with Crippen LogP contribution in [0, 0.1) is 0 Å². The zero-order valence-corrected chi connectivity index (χ0v) is 13.0. The third-order valence-corrected chi connectivity index (χ3v) is 4.83. The summed E-state index contributed by atoms with van der Waals surface area (Å²) in [7, 11) is 0. The van der Waals surface area contributed by atoms with Gasteiger partial charge in [-0.25, -0.2) is 9.48 Å². The molecule has 2 heterocycles. The van der Waals surface area contributed by atoms with Gasteiger partial charge in [-0.15, -0.1) is 11.3 Å². The fourth-order valence-corrected chi connectivity index (χ4v) is 3.56. The molecule has 102 valence electrons. The molecule has 1 aromatic carbocycles. The van der Waals surface area contributed by atoms with E-state index in [0.717, 1.165) is 32.5 Å². The first-order valence-electron chi connectivity index (χ1n) is 6.11. The maximum Gasteiger partial charge on any atom is 0.345 e. The van der Waals surface area contributed by atoms with Crippen LogP contribution in [0.5, 0.6) is 0 Å². The number of aryl methyl sites for hydroxylation is 1. The first-order chi connectivity index (χ1) is 9.61. The lowest BCUT2D eigenvalue weighted by molar-refractivity contribution is 0.0702. The second-order valence-corrected chi connectivity index (χ2v) is 6.18. The van der Waals surface area contributed by atoms with Crippen LogP contribution in [-0.4, -0.2) is 20.9 Å². The average molecular weight is 351 g/mol. The third-order valence-electron chi connectivity index (χ3n) is 3.06. The van der Waals surface area contributed by atoms with Crippen molar-refractivity contribution in [3.05, 3.63) is 45.4 Å². The van der Waals surface area contributed by atoms with E-state index >= 15 is 0 Å². The van der Waals surface area contributed by atoms with E-state index in [1.165, 1.54) is 11.3 Å². The van der Waals surface area contributed by atoms with Gasteiger partial charge in [0.1, 0.15) is 9.71 Å². The highest BCUT2D eigenvalue weighted by Gasteiger charge is 2.18. The topological polar surface area (TPSA) is 55.1 Å². The van der Waals surface area contributed by atoms with Crippen LogP contribution < -0.4 is 0 Å². The SMILES string of the molecule is CCc1nn(-c2ccccc2Br)c2sc(C(=O)O)cc12. The molecule has 0 saturated heterocycles. The molecule has 0 radical (unpaired) electrons. The first kappa shape index (κ1) is 13.3. The number of carboxylic acids is 1. The van der Waals surface area contributed by atoms with E-state index in [1.807, 2.05) is 35.9 Å². The lowest BCUT2D eigenvalue weighted by Gasteiger charge is -2.04. The predicted octanol–water partition coefficient (Wildman–Crippen LogP) is 4.11. The largest absolute Gasteiger partial charge is 0.477 e. The molecule has 2 aromatic heterocycles. The molecule has 0 bridgehead atoms. The number of nitrogens with zero attached hydrogens (tertiary/aromatic N) is 2. The van der Waals surface area contributed by atoms with Crippen molar-refractivity contribution >= 4 is 43.5 Å². The summed E-state index contributed by atoms with van der Waals surface area (Å²) in [5, 5.41) is 14.7. The van der Waals surface area contributed by atoms with E-state index in [1.54, 1.807) is 6.07 Å². The Kier molecular flexibility index (Phi) is 3.35. The number of rotatable bonds is 3. The number of para-hydroxylation sites is 1. The Morgan fingerprint density at radius 1 is 1.45 bits per heavy atom. The van der Waals surface area contributed by atoms with Crippen molar-refractivity contribution in [1.82, 2.24) is 9.78 Å². The second kappa shape index (κ2) is 5.03. The molecule has 0 aliphatic rings. The maximum atomic E-state index is 11.2. The van der Waals surface area contributed by atoms with Crippen molar-refractivity contribution in [3.8, 4) is 5.69 Å². The van der Waals surface area contributed by atoms with Crippen LogP contribution in [0.1, 0.15) is 22.3 Å². The Hall–Kier alpha value is -1.66. The minimum Gasteiger partial charge on any atom is -0.477 e. The van der Waals surface area contributed by atoms with Gasteiger partial charge in [0.15, 0.2) is 0 Å². The predicted molar refractivity (Wildman–Crippen MR) is 83.0 cm³/mol. The minimum atomic E-state index is -0.896. The lowest BCUT2D eigenvalue weighted by Crippen LogP contribution is -1.98. The average Bonchev–Trinajstić information content (AvgIpc) is 2.98. The number of aromatic carboxylic acids is 1. The van der Waals surface area contributed by atoms with Crippen LogP contribution in [0.25, 0.3) is 15.9 Å². The van der Waals surface area contributed by atoms with Crippen LogP contribution in [0.2, 0.25) is 0 Å². The summed E-state index contributed by atoms with van der Waals surface area (Å²) in [6, 6.07) is 9.48. The van der Waals surface area contributed by atoms with Crippen LogP contribution in [0.15, 0.2) is 34.8 Å². The van der Waals surface area contributed by atoms with Crippen molar-refractivity contribution < 1.29 is 9.90 Å². The van der Waals surface area contributed by atoms with E-state index in [-0.39, 0.29) is 0 Å². The number of hydrogen-bond acceptors (Lipinski definition) is 3. The standard InChI is InChI=1S/C14H11BrN2O2S/c1-2-10-8-7-12(14(18)19)20-13(8)17(16-10)11-6-4-3-5-9(11)15/h3-7H,2H2,1H3,(H,18,19). The number of hydrogen-bond donors (Lipinski definition) is 1. The first-order valence-corrected chi connectivity index (χ1v) is 7.72. The summed E-state index contributed by atoms with van der Waals surface area (Å²) >= 11 is 4.76. The summed E-state index contributed by atoms with van der Waals surface area (Å²) in [6.45, 7) is 2.02. The quantitative estimate of drug-likeness (QED) is 0.773. The molecule has 0 spiro atoms. The van der Waals surface area contributed by atoms with E-state index in [4.69, 9.17) is 5.11 Å². The highest BCUT2D eigenvalue weighted by atomic mass is 79.9. The van der Waals surface area contributed by atoms with Crippen molar-refractivity contribution in [2.45, 2.75) is 13.3 Å². The number of aromatic nitrogens is 2. The molecule has 0 amide bonds. The maximum absolute atomic E-state index is 11.2. The van der Waals surface area contributed by atoms with Crippen LogP contribution in [0.3, 0.4) is 0 Å². The Balaban J connectivity index is 2.30. The Labute approximate surface area is 127 Å². The molecule has 6 heteroatoms. The summed E-state index contributed by atoms with van der Waals surface area (Å²) in [5.41, 5.74) is 1.83. The number of halogens is 1. The van der Waals surface area contributed by atoms with E-state index in [9.17, 15) is 4.79 Å². The molecule has 0 atom stereocenters. The van der Waals surface area contributed by atoms with Gasteiger partial charge >= 0.3 is 5.97 Å². The Bertz CT molecular complexity index is 807. The van der Waals surface area contributed by atoms with Gasteiger partial charge in [-0.2, -0.15) is 5.10 Å². The van der Waals surface area contributed by atoms with Gasteiger partial charge in [0.05, 0.1) is 11.4 Å². The lowest BCUT2D eigenvalue weighted by atomic mass is 10.2. The molecular formula is C14H11BrN2O2S. The summed E-state index contributed by atoms with van der Waals surface area (Å²) in [6.07, 6.45) is 0.768. The van der Waals surface area contributed by atoms with Crippen molar-refractivity contribution in [2.24, 2.45) is 0 Å². The molecule has 0 aliphatic carbocycles. The van der Waals surface area contributed by atoms with Gasteiger partial charge in [-0.3, -0.25) is 0 Å². The zero-order valence-electron chi connectivity index (χ0n) is 10.6. The summed E-state index contributed by atoms with van der Waals surface area (Å²) in [4.78, 5) is 12.4. The van der Waals surface area contributed by atoms with Crippen LogP contribution >= 0.6 is 27.3 Å². The second-order valence-electron chi connectivity index (χ2n) is 4.30. The van der Waals surface area contributed by atoms with Crippen molar-refractivity contribution in [2.75, 3.05) is 0 Å². The molecule has 0 saturated carbocycles. The van der Waals surface area contributed by atoms with Gasteiger partial charge in [0.2, 0.25) is 0 Å². The Morgan fingerprint density at radius 3 is 2.85 bits per heavy atom. The minimum absolute atomic E-state index is 0.341. The van der Waals surface area contributed by atoms with Crippen LogP contribution in [0.4, 0.5) is 0 Å². The molecule has 0 aliphatic heterocycles. The molecular weight excluding hydrogens is 340 g/mol. The fraction of sp³-hybridized carbons (Fsp3) is 0.143. The van der Waals surface area contributed by atoms with Crippen molar-refractivity contribution in [1.29, 1.82) is 0 Å². The molecule has 3 rings (SSSR count). The highest BCUT2D eigenvalue weighted by molar-refractivity contribution is 9.10. The Morgan fingerprint density at radius 2 is 2.20 bits per heavy atom. The number of fused-ring (bicyclic) bond motifs is 1. The molecule has 0 fully saturated rings. The van der Waals surface area contributed by atoms with Gasteiger partial charge in [-0.1, -0.05) is 19.1 Å². The normalized spacial score (nSPS) is 11.1. The zero-order chi connectivity index (χ0) is 14.3. The summed E-state index contributed by atoms with van der Waals surface area (Å²) < 4.78 is 2.74. The summed E-state index contributed by atoms with van der Waals surface area (Å²) in [5.74, 6) is -0.896. The van der Waals surface area contributed by atoms with E-state index in [0.29, 0.717) is 4.88 Å². The van der Waals surface area contributed by atoms with Crippen molar-refractivity contribution in [3.63, 3.8) is 0 Å². The van der Waals surface area contributed by atoms with Gasteiger partial charge in [0, 0.05) is 9.86 Å². The molecule has 1 N–H and O–H groups in total. The van der Waals surface area contributed by atoms with E-state index in [2.05, 4.69) is 21.0 Å². The molecule has 3 aromatic rings. The highest BCUT2D eigenvalue weighted by Crippen LogP contribution is 2.32. The smallest absolute Gasteiger partial charge is 0.345 e. The number of carboxylic acid groups (broad SMARTS) is 1. The number of benzene rings is 1. The molecule has 20 heavy (non-hydrogen) atoms. The van der Waals surface area contributed by atoms with Gasteiger partial charge in [0.25, 0.3) is 0 Å². The van der Waals surface area contributed by atoms with Gasteiger partial charge < -0.3 is 5.11 Å². The fourth-order valence-electron chi connectivity index (χ4n) is 2.12. The van der Waals surface area contributed by atoms with E-state index < -0.39 is 5.97 Å². The monoisotopic (exact) mass is 350 g/mol. The number of carbonyl (C=O) groups is 1. The number of thiophene rings is 1. The van der Waals surface area contributed by atoms with Crippen LogP contribution in [-0.2, 0) is 6.42 Å².